The third kappa shape index (κ3) is 5.21. The van der Waals surface area contributed by atoms with Crippen molar-refractivity contribution in [2.75, 3.05) is 25.8 Å². The maximum atomic E-state index is 13.7. The van der Waals surface area contributed by atoms with Crippen LogP contribution >= 0.6 is 15.9 Å². The quantitative estimate of drug-likeness (QED) is 0.177. The predicted molar refractivity (Wildman–Crippen MR) is 170 cm³/mol. The van der Waals surface area contributed by atoms with E-state index in [1.165, 1.54) is 4.68 Å². The van der Waals surface area contributed by atoms with Gasteiger partial charge in [-0.05, 0) is 66.2 Å². The Morgan fingerprint density at radius 1 is 1.00 bits per heavy atom. The van der Waals surface area contributed by atoms with Gasteiger partial charge in [-0.25, -0.2) is 4.98 Å². The van der Waals surface area contributed by atoms with Gasteiger partial charge in [-0.2, -0.15) is 9.78 Å². The molecule has 0 spiro atoms. The third-order valence-electron chi connectivity index (χ3n) is 7.11. The molecule has 0 aliphatic carbocycles. The number of furan rings is 1. The lowest BCUT2D eigenvalue weighted by molar-refractivity contribution is 0.174. The second kappa shape index (κ2) is 11.0. The van der Waals surface area contributed by atoms with Crippen molar-refractivity contribution >= 4 is 49.7 Å². The summed E-state index contributed by atoms with van der Waals surface area (Å²) < 4.78 is 25.5. The SMILES string of the molecule is CN(C)c1ccc(C=Nn2c(-c3cc4cc(Br)ccc4o3)nc3ccccc3c2=O)c(OCc2ccc3c(c2)OCO3)c1. The molecule has 0 fully saturated rings. The smallest absolute Gasteiger partial charge is 0.282 e. The van der Waals surface area contributed by atoms with Gasteiger partial charge in [0.2, 0.25) is 12.6 Å². The fourth-order valence-corrected chi connectivity index (χ4v) is 5.24. The zero-order chi connectivity index (χ0) is 29.5. The van der Waals surface area contributed by atoms with Gasteiger partial charge in [0, 0.05) is 41.3 Å². The van der Waals surface area contributed by atoms with E-state index >= 15 is 0 Å². The zero-order valence-electron chi connectivity index (χ0n) is 23.3. The van der Waals surface area contributed by atoms with Gasteiger partial charge in [-0.1, -0.05) is 34.1 Å². The summed E-state index contributed by atoms with van der Waals surface area (Å²) in [7, 11) is 3.92. The largest absolute Gasteiger partial charge is 0.488 e. The van der Waals surface area contributed by atoms with Crippen molar-refractivity contribution in [3.05, 3.63) is 111 Å². The number of anilines is 1. The van der Waals surface area contributed by atoms with Gasteiger partial charge < -0.3 is 23.5 Å². The van der Waals surface area contributed by atoms with Crippen LogP contribution < -0.4 is 24.7 Å². The standard InChI is InChI=1S/C33H25BrN4O5/c1-37(2)24-10-8-21(29(16-24)40-18-20-7-11-28-30(13-20)42-19-41-28)17-35-38-32(36-26-6-4-3-5-25(26)33(38)39)31-15-22-14-23(34)9-12-27(22)43-31/h3-17H,18-19H2,1-2H3. The summed E-state index contributed by atoms with van der Waals surface area (Å²) in [6, 6.07) is 26.3. The molecule has 0 amide bonds. The molecule has 0 unspecified atom stereocenters. The van der Waals surface area contributed by atoms with E-state index in [1.54, 1.807) is 24.4 Å². The molecule has 0 N–H and O–H groups in total. The summed E-state index contributed by atoms with van der Waals surface area (Å²) in [4.78, 5) is 20.5. The highest BCUT2D eigenvalue weighted by atomic mass is 79.9. The van der Waals surface area contributed by atoms with Crippen molar-refractivity contribution in [3.63, 3.8) is 0 Å². The van der Waals surface area contributed by atoms with E-state index in [-0.39, 0.29) is 12.4 Å². The van der Waals surface area contributed by atoms with Gasteiger partial charge in [-0.3, -0.25) is 4.79 Å². The topological polar surface area (TPSA) is 91.3 Å². The maximum Gasteiger partial charge on any atom is 0.282 e. The lowest BCUT2D eigenvalue weighted by Crippen LogP contribution is -2.20. The fourth-order valence-electron chi connectivity index (χ4n) is 4.86. The summed E-state index contributed by atoms with van der Waals surface area (Å²) >= 11 is 3.51. The summed E-state index contributed by atoms with van der Waals surface area (Å²) in [5.74, 6) is 2.73. The second-order valence-corrected chi connectivity index (χ2v) is 11.1. The van der Waals surface area contributed by atoms with Gasteiger partial charge in [0.25, 0.3) is 5.56 Å². The van der Waals surface area contributed by atoms with Crippen molar-refractivity contribution in [2.45, 2.75) is 6.61 Å². The molecule has 214 valence electrons. The molecule has 1 aliphatic heterocycles. The van der Waals surface area contributed by atoms with Crippen LogP contribution in [0.3, 0.4) is 0 Å². The van der Waals surface area contributed by atoms with Crippen LogP contribution in [0.2, 0.25) is 0 Å². The van der Waals surface area contributed by atoms with E-state index in [0.29, 0.717) is 57.5 Å². The number of halogens is 1. The number of para-hydroxylation sites is 1. The maximum absolute atomic E-state index is 13.7. The first-order valence-corrected chi connectivity index (χ1v) is 14.3. The Balaban J connectivity index is 1.30. The lowest BCUT2D eigenvalue weighted by Gasteiger charge is -2.16. The normalized spacial score (nSPS) is 12.4. The van der Waals surface area contributed by atoms with Crippen LogP contribution in [0.25, 0.3) is 33.5 Å². The molecule has 9 nitrogen and oxygen atoms in total. The molecule has 2 aromatic heterocycles. The van der Waals surface area contributed by atoms with E-state index in [9.17, 15) is 4.79 Å². The number of nitrogens with zero attached hydrogens (tertiary/aromatic N) is 4. The molecule has 3 heterocycles. The van der Waals surface area contributed by atoms with Gasteiger partial charge in [-0.15, -0.1) is 0 Å². The zero-order valence-corrected chi connectivity index (χ0v) is 24.9. The Morgan fingerprint density at radius 2 is 1.86 bits per heavy atom. The Morgan fingerprint density at radius 3 is 2.74 bits per heavy atom. The summed E-state index contributed by atoms with van der Waals surface area (Å²) in [6.07, 6.45) is 1.61. The third-order valence-corrected chi connectivity index (χ3v) is 7.60. The first kappa shape index (κ1) is 26.8. The number of benzene rings is 4. The molecule has 4 aromatic carbocycles. The lowest BCUT2D eigenvalue weighted by atomic mass is 10.1. The Hall–Kier alpha value is -5.09. The highest BCUT2D eigenvalue weighted by molar-refractivity contribution is 9.10. The Bertz CT molecular complexity index is 2100. The number of ether oxygens (including phenoxy) is 3. The molecule has 0 atom stereocenters. The number of aromatic nitrogens is 2. The average molecular weight is 637 g/mol. The molecular weight excluding hydrogens is 612 g/mol. The average Bonchev–Trinajstić information content (AvgIpc) is 3.66. The monoisotopic (exact) mass is 636 g/mol. The summed E-state index contributed by atoms with van der Waals surface area (Å²) in [6.45, 7) is 0.507. The van der Waals surface area contributed by atoms with Crippen LogP contribution in [-0.4, -0.2) is 36.8 Å². The van der Waals surface area contributed by atoms with Crippen molar-refractivity contribution < 1.29 is 18.6 Å². The van der Waals surface area contributed by atoms with Crippen LogP contribution in [0.5, 0.6) is 17.2 Å². The minimum atomic E-state index is -0.314. The van der Waals surface area contributed by atoms with Crippen molar-refractivity contribution in [1.82, 2.24) is 9.66 Å². The van der Waals surface area contributed by atoms with Crippen molar-refractivity contribution in [2.24, 2.45) is 5.10 Å². The molecule has 0 saturated carbocycles. The van der Waals surface area contributed by atoms with Gasteiger partial charge in [0.15, 0.2) is 17.3 Å². The van der Waals surface area contributed by atoms with Crippen molar-refractivity contribution in [1.29, 1.82) is 0 Å². The molecule has 6 aromatic rings. The van der Waals surface area contributed by atoms with Crippen LogP contribution in [-0.2, 0) is 6.61 Å². The first-order valence-electron chi connectivity index (χ1n) is 13.5. The second-order valence-electron chi connectivity index (χ2n) is 10.2. The van der Waals surface area contributed by atoms with Crippen molar-refractivity contribution in [3.8, 4) is 28.8 Å². The number of hydrogen-bond donors (Lipinski definition) is 0. The summed E-state index contributed by atoms with van der Waals surface area (Å²) in [5, 5.41) is 5.97. The fraction of sp³-hybridized carbons (Fsp3) is 0.121. The van der Waals surface area contributed by atoms with Gasteiger partial charge >= 0.3 is 0 Å². The van der Waals surface area contributed by atoms with Gasteiger partial charge in [0.1, 0.15) is 17.9 Å². The Labute approximate surface area is 254 Å². The van der Waals surface area contributed by atoms with E-state index < -0.39 is 0 Å². The molecule has 0 radical (unpaired) electrons. The minimum Gasteiger partial charge on any atom is -0.488 e. The molecule has 0 bridgehead atoms. The Kier molecular flexibility index (Phi) is 6.83. The van der Waals surface area contributed by atoms with E-state index in [0.717, 1.165) is 21.1 Å². The highest BCUT2D eigenvalue weighted by Gasteiger charge is 2.18. The van der Waals surface area contributed by atoms with E-state index in [4.69, 9.17) is 23.6 Å². The molecule has 1 aliphatic rings. The molecule has 7 rings (SSSR count). The first-order chi connectivity index (χ1) is 20.9. The van der Waals surface area contributed by atoms with E-state index in [2.05, 4.69) is 21.0 Å². The predicted octanol–water partition coefficient (Wildman–Crippen LogP) is 6.83. The molecular formula is C33H25BrN4O5. The van der Waals surface area contributed by atoms with Crippen LogP contribution in [0, 0.1) is 0 Å². The van der Waals surface area contributed by atoms with Crippen LogP contribution in [0.15, 0.2) is 104 Å². The van der Waals surface area contributed by atoms with Gasteiger partial charge in [0.05, 0.1) is 17.1 Å². The molecule has 43 heavy (non-hydrogen) atoms. The number of fused-ring (bicyclic) bond motifs is 3. The minimum absolute atomic E-state index is 0.210. The van der Waals surface area contributed by atoms with E-state index in [1.807, 2.05) is 85.7 Å². The number of rotatable bonds is 7. The molecule has 10 heteroatoms. The highest BCUT2D eigenvalue weighted by Crippen LogP contribution is 2.33. The van der Waals surface area contributed by atoms with Crippen LogP contribution in [0.4, 0.5) is 5.69 Å². The van der Waals surface area contributed by atoms with Crippen LogP contribution in [0.1, 0.15) is 11.1 Å². The summed E-state index contributed by atoms with van der Waals surface area (Å²) in [5.41, 5.74) is 3.48. The number of hydrogen-bond acceptors (Lipinski definition) is 8. The molecule has 0 saturated heterocycles.